The second-order valence-electron chi connectivity index (χ2n) is 4.88. The summed E-state index contributed by atoms with van der Waals surface area (Å²) in [6.45, 7) is 12.5. The fraction of sp³-hybridized carbons (Fsp3) is 0.533. The fourth-order valence-electron chi connectivity index (χ4n) is 1.58. The molecule has 0 saturated heterocycles. The summed E-state index contributed by atoms with van der Waals surface area (Å²) < 4.78 is 5.76. The van der Waals surface area contributed by atoms with Crippen molar-refractivity contribution < 1.29 is 4.74 Å². The average molecular weight is 248 g/mol. The molecular formula is C15H24N2O. The highest BCUT2D eigenvalue weighted by Crippen LogP contribution is 2.18. The molecule has 0 radical (unpaired) electrons. The molecule has 3 nitrogen and oxygen atoms in total. The Bertz CT molecular complexity index is 375. The van der Waals surface area contributed by atoms with Gasteiger partial charge in [-0.05, 0) is 25.8 Å². The van der Waals surface area contributed by atoms with Crippen LogP contribution in [0.5, 0.6) is 5.75 Å². The summed E-state index contributed by atoms with van der Waals surface area (Å²) in [6.07, 6.45) is 4.62. The number of nitrogens with one attached hydrogen (secondary N) is 1. The van der Waals surface area contributed by atoms with Gasteiger partial charge in [0.15, 0.2) is 0 Å². The van der Waals surface area contributed by atoms with E-state index in [1.807, 2.05) is 25.3 Å². The number of pyridine rings is 1. The van der Waals surface area contributed by atoms with Crippen molar-refractivity contribution in [2.45, 2.75) is 33.7 Å². The van der Waals surface area contributed by atoms with Crippen LogP contribution in [0.15, 0.2) is 24.9 Å². The van der Waals surface area contributed by atoms with Crippen molar-refractivity contribution in [1.29, 1.82) is 0 Å². The van der Waals surface area contributed by atoms with E-state index in [4.69, 9.17) is 4.74 Å². The first-order valence-electron chi connectivity index (χ1n) is 6.53. The lowest BCUT2D eigenvalue weighted by Crippen LogP contribution is -2.19. The van der Waals surface area contributed by atoms with E-state index >= 15 is 0 Å². The summed E-state index contributed by atoms with van der Waals surface area (Å²) in [6, 6.07) is 2.00. The molecule has 0 fully saturated rings. The third kappa shape index (κ3) is 5.32. The van der Waals surface area contributed by atoms with Crippen LogP contribution in [-0.2, 0) is 6.54 Å². The normalized spacial score (nSPS) is 10.7. The number of aryl methyl sites for hydroxylation is 1. The van der Waals surface area contributed by atoms with Gasteiger partial charge in [-0.3, -0.25) is 4.98 Å². The quantitative estimate of drug-likeness (QED) is 0.567. The minimum absolute atomic E-state index is 0.647. The van der Waals surface area contributed by atoms with Crippen LogP contribution in [0, 0.1) is 12.8 Å². The Labute approximate surface area is 110 Å². The molecule has 0 saturated carbocycles. The van der Waals surface area contributed by atoms with Crippen LogP contribution in [-0.4, -0.2) is 18.1 Å². The number of ether oxygens (including phenoxy) is 1. The number of nitrogens with zero attached hydrogens (tertiary/aromatic N) is 1. The predicted octanol–water partition coefficient (Wildman–Crippen LogP) is 3.09. The predicted molar refractivity (Wildman–Crippen MR) is 75.8 cm³/mol. The molecule has 0 atom stereocenters. The van der Waals surface area contributed by atoms with Crippen molar-refractivity contribution in [3.63, 3.8) is 0 Å². The molecule has 0 aliphatic heterocycles. The van der Waals surface area contributed by atoms with Gasteiger partial charge in [0.25, 0.3) is 0 Å². The summed E-state index contributed by atoms with van der Waals surface area (Å²) in [4.78, 5) is 4.33. The molecule has 1 aromatic rings. The Kier molecular flexibility index (Phi) is 6.44. The molecule has 3 heteroatoms. The number of aromatic nitrogens is 1. The van der Waals surface area contributed by atoms with Crippen molar-refractivity contribution in [3.05, 3.63) is 36.2 Å². The smallest absolute Gasteiger partial charge is 0.127 e. The molecule has 100 valence electrons. The zero-order chi connectivity index (χ0) is 13.4. The van der Waals surface area contributed by atoms with E-state index in [-0.39, 0.29) is 0 Å². The maximum absolute atomic E-state index is 5.76. The van der Waals surface area contributed by atoms with Gasteiger partial charge in [-0.1, -0.05) is 19.9 Å². The Morgan fingerprint density at radius 2 is 2.28 bits per heavy atom. The van der Waals surface area contributed by atoms with Crippen molar-refractivity contribution in [3.8, 4) is 5.75 Å². The Hall–Kier alpha value is -1.35. The molecule has 1 heterocycles. The topological polar surface area (TPSA) is 34.1 Å². The van der Waals surface area contributed by atoms with E-state index in [9.17, 15) is 0 Å². The minimum Gasteiger partial charge on any atom is -0.493 e. The van der Waals surface area contributed by atoms with Gasteiger partial charge in [-0.15, -0.1) is 6.58 Å². The van der Waals surface area contributed by atoms with E-state index in [0.717, 1.165) is 36.5 Å². The Morgan fingerprint density at radius 3 is 2.94 bits per heavy atom. The third-order valence-electron chi connectivity index (χ3n) is 2.53. The molecule has 18 heavy (non-hydrogen) atoms. The Morgan fingerprint density at radius 1 is 1.50 bits per heavy atom. The highest BCUT2D eigenvalue weighted by molar-refractivity contribution is 5.32. The number of rotatable bonds is 8. The van der Waals surface area contributed by atoms with Gasteiger partial charge in [0, 0.05) is 30.1 Å². The Balaban J connectivity index is 2.60. The maximum Gasteiger partial charge on any atom is 0.127 e. The number of hydrogen-bond donors (Lipinski definition) is 1. The van der Waals surface area contributed by atoms with Gasteiger partial charge in [-0.2, -0.15) is 0 Å². The first kappa shape index (κ1) is 14.7. The molecular weight excluding hydrogens is 224 g/mol. The lowest BCUT2D eigenvalue weighted by atomic mass is 10.2. The van der Waals surface area contributed by atoms with Gasteiger partial charge in [0.2, 0.25) is 0 Å². The van der Waals surface area contributed by atoms with Crippen LogP contribution in [0.1, 0.15) is 31.5 Å². The van der Waals surface area contributed by atoms with Gasteiger partial charge in [0.05, 0.1) is 6.61 Å². The monoisotopic (exact) mass is 248 g/mol. The van der Waals surface area contributed by atoms with Crippen LogP contribution in [0.4, 0.5) is 0 Å². The molecule has 0 aromatic carbocycles. The zero-order valence-corrected chi connectivity index (χ0v) is 11.7. The second kappa shape index (κ2) is 7.88. The maximum atomic E-state index is 5.76. The zero-order valence-electron chi connectivity index (χ0n) is 11.7. The van der Waals surface area contributed by atoms with Crippen LogP contribution in [0.3, 0.4) is 0 Å². The van der Waals surface area contributed by atoms with Gasteiger partial charge >= 0.3 is 0 Å². The molecule has 1 rings (SSSR count). The largest absolute Gasteiger partial charge is 0.493 e. The second-order valence-corrected chi connectivity index (χ2v) is 4.88. The fourth-order valence-corrected chi connectivity index (χ4v) is 1.58. The SMILES string of the molecule is C=CCCOc1cc(C)ncc1CNCC(C)C. The molecule has 0 amide bonds. The van der Waals surface area contributed by atoms with Gasteiger partial charge in [-0.25, -0.2) is 0 Å². The van der Waals surface area contributed by atoms with Crippen molar-refractivity contribution in [1.82, 2.24) is 10.3 Å². The first-order valence-corrected chi connectivity index (χ1v) is 6.53. The van der Waals surface area contributed by atoms with E-state index in [1.165, 1.54) is 0 Å². The van der Waals surface area contributed by atoms with E-state index in [2.05, 4.69) is 30.7 Å². The minimum atomic E-state index is 0.647. The third-order valence-corrected chi connectivity index (χ3v) is 2.53. The van der Waals surface area contributed by atoms with Crippen LogP contribution in [0.25, 0.3) is 0 Å². The van der Waals surface area contributed by atoms with Crippen LogP contribution < -0.4 is 10.1 Å². The highest BCUT2D eigenvalue weighted by atomic mass is 16.5. The molecule has 0 aliphatic rings. The molecule has 0 bridgehead atoms. The molecule has 0 unspecified atom stereocenters. The summed E-state index contributed by atoms with van der Waals surface area (Å²) in [7, 11) is 0. The number of hydrogen-bond acceptors (Lipinski definition) is 3. The molecule has 1 aromatic heterocycles. The first-order chi connectivity index (χ1) is 8.63. The lowest BCUT2D eigenvalue weighted by Gasteiger charge is -2.13. The van der Waals surface area contributed by atoms with Crippen LogP contribution >= 0.6 is 0 Å². The lowest BCUT2D eigenvalue weighted by molar-refractivity contribution is 0.319. The van der Waals surface area contributed by atoms with Crippen molar-refractivity contribution in [2.75, 3.05) is 13.2 Å². The summed E-state index contributed by atoms with van der Waals surface area (Å²) >= 11 is 0. The molecule has 1 N–H and O–H groups in total. The summed E-state index contributed by atoms with van der Waals surface area (Å²) in [5.41, 5.74) is 2.10. The van der Waals surface area contributed by atoms with Crippen molar-refractivity contribution >= 4 is 0 Å². The van der Waals surface area contributed by atoms with Crippen molar-refractivity contribution in [2.24, 2.45) is 5.92 Å². The van der Waals surface area contributed by atoms with E-state index < -0.39 is 0 Å². The van der Waals surface area contributed by atoms with Gasteiger partial charge < -0.3 is 10.1 Å². The molecule has 0 spiro atoms. The highest BCUT2D eigenvalue weighted by Gasteiger charge is 2.05. The molecule has 0 aliphatic carbocycles. The average Bonchev–Trinajstić information content (AvgIpc) is 2.32. The van der Waals surface area contributed by atoms with Gasteiger partial charge in [0.1, 0.15) is 5.75 Å². The van der Waals surface area contributed by atoms with Crippen LogP contribution in [0.2, 0.25) is 0 Å². The standard InChI is InChI=1S/C15H24N2O/c1-5-6-7-18-15-8-13(4)17-11-14(15)10-16-9-12(2)3/h5,8,11-12,16H,1,6-7,9-10H2,2-4H3. The van der Waals surface area contributed by atoms with E-state index in [1.54, 1.807) is 0 Å². The summed E-state index contributed by atoms with van der Waals surface area (Å²) in [5.74, 6) is 1.58. The summed E-state index contributed by atoms with van der Waals surface area (Å²) in [5, 5.41) is 3.41. The van der Waals surface area contributed by atoms with E-state index in [0.29, 0.717) is 12.5 Å².